The number of hydrogen-bond acceptors (Lipinski definition) is 3. The number of rotatable bonds is 3. The largest absolute Gasteiger partial charge is 0.481 e. The van der Waals surface area contributed by atoms with Gasteiger partial charge in [-0.1, -0.05) is 22.0 Å². The third-order valence-electron chi connectivity index (χ3n) is 1.95. The number of nitrogens with zero attached hydrogens (tertiary/aromatic N) is 1. The van der Waals surface area contributed by atoms with E-state index in [9.17, 15) is 0 Å². The SMILES string of the molecule is COc1cc(Oc2cccc(Br)c2)ccn1. The Morgan fingerprint density at radius 2 is 1.94 bits per heavy atom. The Morgan fingerprint density at radius 1 is 1.12 bits per heavy atom. The van der Waals surface area contributed by atoms with Crippen LogP contribution in [-0.4, -0.2) is 12.1 Å². The second-order valence-electron chi connectivity index (χ2n) is 3.09. The summed E-state index contributed by atoms with van der Waals surface area (Å²) in [7, 11) is 1.57. The lowest BCUT2D eigenvalue weighted by molar-refractivity contribution is 0.392. The summed E-state index contributed by atoms with van der Waals surface area (Å²) in [6.45, 7) is 0. The fourth-order valence-corrected chi connectivity index (χ4v) is 1.61. The van der Waals surface area contributed by atoms with E-state index in [0.29, 0.717) is 11.6 Å². The van der Waals surface area contributed by atoms with Crippen LogP contribution < -0.4 is 9.47 Å². The van der Waals surface area contributed by atoms with Crippen LogP contribution in [0, 0.1) is 0 Å². The minimum atomic E-state index is 0.535. The van der Waals surface area contributed by atoms with Crippen LogP contribution in [0.2, 0.25) is 0 Å². The molecule has 3 nitrogen and oxygen atoms in total. The molecule has 0 unspecified atom stereocenters. The number of halogens is 1. The monoisotopic (exact) mass is 279 g/mol. The first-order valence-electron chi connectivity index (χ1n) is 4.71. The van der Waals surface area contributed by atoms with Gasteiger partial charge in [0.25, 0.3) is 0 Å². The van der Waals surface area contributed by atoms with E-state index in [1.165, 1.54) is 0 Å². The predicted molar refractivity (Wildman–Crippen MR) is 65.0 cm³/mol. The minimum absolute atomic E-state index is 0.535. The van der Waals surface area contributed by atoms with Gasteiger partial charge >= 0.3 is 0 Å². The number of methoxy groups -OCH3 is 1. The Labute approximate surface area is 102 Å². The molecule has 0 saturated carbocycles. The summed E-state index contributed by atoms with van der Waals surface area (Å²) in [4.78, 5) is 4.01. The van der Waals surface area contributed by atoms with Crippen molar-refractivity contribution in [2.24, 2.45) is 0 Å². The summed E-state index contributed by atoms with van der Waals surface area (Å²) in [5, 5.41) is 0. The molecule has 16 heavy (non-hydrogen) atoms. The van der Waals surface area contributed by atoms with Gasteiger partial charge in [-0.05, 0) is 24.3 Å². The Bertz CT molecular complexity index is 488. The second kappa shape index (κ2) is 4.99. The highest BCUT2D eigenvalue weighted by molar-refractivity contribution is 9.10. The highest BCUT2D eigenvalue weighted by Gasteiger charge is 2.00. The van der Waals surface area contributed by atoms with Crippen LogP contribution in [0.5, 0.6) is 17.4 Å². The minimum Gasteiger partial charge on any atom is -0.481 e. The molecular formula is C12H10BrNO2. The summed E-state index contributed by atoms with van der Waals surface area (Å²) in [6.07, 6.45) is 1.64. The number of hydrogen-bond donors (Lipinski definition) is 0. The normalized spacial score (nSPS) is 9.88. The predicted octanol–water partition coefficient (Wildman–Crippen LogP) is 3.65. The Kier molecular flexibility index (Phi) is 3.41. The Morgan fingerprint density at radius 3 is 2.69 bits per heavy atom. The molecule has 0 amide bonds. The zero-order valence-corrected chi connectivity index (χ0v) is 10.3. The average Bonchev–Trinajstić information content (AvgIpc) is 2.29. The molecule has 1 aromatic carbocycles. The van der Waals surface area contributed by atoms with Crippen molar-refractivity contribution in [1.82, 2.24) is 4.98 Å². The molecule has 0 spiro atoms. The van der Waals surface area contributed by atoms with E-state index < -0.39 is 0 Å². The average molecular weight is 280 g/mol. The van der Waals surface area contributed by atoms with Gasteiger partial charge in [-0.25, -0.2) is 4.98 Å². The van der Waals surface area contributed by atoms with Gasteiger partial charge in [-0.15, -0.1) is 0 Å². The molecule has 0 aliphatic carbocycles. The zero-order valence-electron chi connectivity index (χ0n) is 8.68. The highest BCUT2D eigenvalue weighted by atomic mass is 79.9. The molecule has 0 bridgehead atoms. The fourth-order valence-electron chi connectivity index (χ4n) is 1.23. The molecule has 0 N–H and O–H groups in total. The van der Waals surface area contributed by atoms with Gasteiger partial charge in [0, 0.05) is 16.7 Å². The van der Waals surface area contributed by atoms with Gasteiger partial charge in [0.15, 0.2) is 0 Å². The molecule has 0 atom stereocenters. The van der Waals surface area contributed by atoms with Crippen LogP contribution >= 0.6 is 15.9 Å². The van der Waals surface area contributed by atoms with Crippen molar-refractivity contribution in [1.29, 1.82) is 0 Å². The van der Waals surface area contributed by atoms with Crippen molar-refractivity contribution in [2.75, 3.05) is 7.11 Å². The third-order valence-corrected chi connectivity index (χ3v) is 2.44. The second-order valence-corrected chi connectivity index (χ2v) is 4.01. The number of ether oxygens (including phenoxy) is 2. The molecule has 0 aliphatic heterocycles. The number of benzene rings is 1. The summed E-state index contributed by atoms with van der Waals surface area (Å²) in [5.74, 6) is 2.00. The van der Waals surface area contributed by atoms with E-state index in [4.69, 9.17) is 9.47 Å². The first-order valence-corrected chi connectivity index (χ1v) is 5.51. The molecule has 4 heteroatoms. The number of aromatic nitrogens is 1. The van der Waals surface area contributed by atoms with Crippen LogP contribution in [0.3, 0.4) is 0 Å². The standard InChI is InChI=1S/C12H10BrNO2/c1-15-12-8-11(5-6-14-12)16-10-4-2-3-9(13)7-10/h2-8H,1H3. The van der Waals surface area contributed by atoms with Gasteiger partial charge in [-0.3, -0.25) is 0 Å². The molecular weight excluding hydrogens is 270 g/mol. The van der Waals surface area contributed by atoms with Gasteiger partial charge in [-0.2, -0.15) is 0 Å². The van der Waals surface area contributed by atoms with Crippen molar-refractivity contribution < 1.29 is 9.47 Å². The van der Waals surface area contributed by atoms with Crippen molar-refractivity contribution >= 4 is 15.9 Å². The van der Waals surface area contributed by atoms with Crippen molar-refractivity contribution in [3.05, 3.63) is 47.1 Å². The van der Waals surface area contributed by atoms with Crippen molar-refractivity contribution in [2.45, 2.75) is 0 Å². The maximum atomic E-state index is 5.65. The van der Waals surface area contributed by atoms with Crippen LogP contribution in [-0.2, 0) is 0 Å². The van der Waals surface area contributed by atoms with Gasteiger partial charge in [0.1, 0.15) is 11.5 Å². The van der Waals surface area contributed by atoms with Crippen LogP contribution in [0.4, 0.5) is 0 Å². The van der Waals surface area contributed by atoms with Crippen LogP contribution in [0.1, 0.15) is 0 Å². The third kappa shape index (κ3) is 2.73. The van der Waals surface area contributed by atoms with E-state index in [1.54, 1.807) is 25.4 Å². The summed E-state index contributed by atoms with van der Waals surface area (Å²) < 4.78 is 11.6. The lowest BCUT2D eigenvalue weighted by Crippen LogP contribution is -1.89. The van der Waals surface area contributed by atoms with E-state index in [2.05, 4.69) is 20.9 Å². The molecule has 82 valence electrons. The molecule has 2 aromatic rings. The summed E-state index contributed by atoms with van der Waals surface area (Å²) >= 11 is 3.39. The molecule has 0 radical (unpaired) electrons. The first kappa shape index (κ1) is 11.0. The van der Waals surface area contributed by atoms with Gasteiger partial charge < -0.3 is 9.47 Å². The Balaban J connectivity index is 2.20. The van der Waals surface area contributed by atoms with E-state index >= 15 is 0 Å². The van der Waals surface area contributed by atoms with Crippen molar-refractivity contribution in [3.63, 3.8) is 0 Å². The fraction of sp³-hybridized carbons (Fsp3) is 0.0833. The van der Waals surface area contributed by atoms with E-state index in [1.807, 2.05) is 24.3 Å². The topological polar surface area (TPSA) is 31.4 Å². The first-order chi connectivity index (χ1) is 7.78. The molecule has 1 aromatic heterocycles. The maximum Gasteiger partial charge on any atom is 0.216 e. The molecule has 0 saturated heterocycles. The molecule has 2 rings (SSSR count). The summed E-state index contributed by atoms with van der Waals surface area (Å²) in [5.41, 5.74) is 0. The molecule has 0 aliphatic rings. The van der Waals surface area contributed by atoms with E-state index in [-0.39, 0.29) is 0 Å². The lowest BCUT2D eigenvalue weighted by atomic mass is 10.3. The van der Waals surface area contributed by atoms with E-state index in [0.717, 1.165) is 10.2 Å². The van der Waals surface area contributed by atoms with Gasteiger partial charge in [0.05, 0.1) is 7.11 Å². The lowest BCUT2D eigenvalue weighted by Gasteiger charge is -2.06. The highest BCUT2D eigenvalue weighted by Crippen LogP contribution is 2.25. The smallest absolute Gasteiger partial charge is 0.216 e. The maximum absolute atomic E-state index is 5.65. The van der Waals surface area contributed by atoms with Gasteiger partial charge in [0.2, 0.25) is 5.88 Å². The van der Waals surface area contributed by atoms with Crippen LogP contribution in [0.15, 0.2) is 47.1 Å². The quantitative estimate of drug-likeness (QED) is 0.860. The zero-order chi connectivity index (χ0) is 11.4. The number of pyridine rings is 1. The summed E-state index contributed by atoms with van der Waals surface area (Å²) in [6, 6.07) is 11.2. The Hall–Kier alpha value is -1.55. The molecule has 0 fully saturated rings. The molecule has 1 heterocycles. The van der Waals surface area contributed by atoms with Crippen molar-refractivity contribution in [3.8, 4) is 17.4 Å². The van der Waals surface area contributed by atoms with Crippen LogP contribution in [0.25, 0.3) is 0 Å².